The number of carbonyl (C=O) groups excluding carboxylic acids is 1. The van der Waals surface area contributed by atoms with Crippen molar-refractivity contribution in [2.24, 2.45) is 5.73 Å². The summed E-state index contributed by atoms with van der Waals surface area (Å²) < 4.78 is 0. The lowest BCUT2D eigenvalue weighted by atomic mass is 10.2. The van der Waals surface area contributed by atoms with Crippen LogP contribution in [0.5, 0.6) is 0 Å². The van der Waals surface area contributed by atoms with Crippen LogP contribution in [0.3, 0.4) is 0 Å². The van der Waals surface area contributed by atoms with Crippen molar-refractivity contribution in [3.05, 3.63) is 15.6 Å². The lowest BCUT2D eigenvalue weighted by Gasteiger charge is -2.09. The standard InChI is InChI=1S/C9H15N3OS/c1-4-11-5(2)7-6(3)12-9(14-7)8(10)13/h5,11H,4H2,1-3H3,(H2,10,13). The second-order valence-electron chi connectivity index (χ2n) is 3.11. The van der Waals surface area contributed by atoms with E-state index in [0.717, 1.165) is 17.1 Å². The highest BCUT2D eigenvalue weighted by molar-refractivity contribution is 7.13. The van der Waals surface area contributed by atoms with E-state index in [1.165, 1.54) is 11.3 Å². The van der Waals surface area contributed by atoms with Crippen LogP contribution in [0.4, 0.5) is 0 Å². The van der Waals surface area contributed by atoms with Crippen molar-refractivity contribution in [2.45, 2.75) is 26.8 Å². The number of rotatable bonds is 4. The Hall–Kier alpha value is -0.940. The molecule has 0 aliphatic rings. The zero-order valence-electron chi connectivity index (χ0n) is 8.63. The topological polar surface area (TPSA) is 68.0 Å². The molecule has 78 valence electrons. The quantitative estimate of drug-likeness (QED) is 0.790. The number of thiazole rings is 1. The molecule has 0 fully saturated rings. The highest BCUT2D eigenvalue weighted by atomic mass is 32.1. The van der Waals surface area contributed by atoms with Gasteiger partial charge in [-0.25, -0.2) is 4.98 Å². The molecule has 0 bridgehead atoms. The van der Waals surface area contributed by atoms with E-state index in [4.69, 9.17) is 5.73 Å². The van der Waals surface area contributed by atoms with Crippen molar-refractivity contribution >= 4 is 17.2 Å². The van der Waals surface area contributed by atoms with Crippen LogP contribution in [0.2, 0.25) is 0 Å². The Morgan fingerprint density at radius 1 is 1.71 bits per heavy atom. The van der Waals surface area contributed by atoms with Crippen molar-refractivity contribution in [3.63, 3.8) is 0 Å². The first-order chi connectivity index (χ1) is 6.56. The Balaban J connectivity index is 2.92. The first-order valence-electron chi connectivity index (χ1n) is 4.56. The van der Waals surface area contributed by atoms with E-state index in [9.17, 15) is 4.79 Å². The van der Waals surface area contributed by atoms with Crippen molar-refractivity contribution in [3.8, 4) is 0 Å². The van der Waals surface area contributed by atoms with E-state index >= 15 is 0 Å². The Morgan fingerprint density at radius 3 is 2.79 bits per heavy atom. The first-order valence-corrected chi connectivity index (χ1v) is 5.38. The summed E-state index contributed by atoms with van der Waals surface area (Å²) in [6, 6.07) is 0.227. The summed E-state index contributed by atoms with van der Waals surface area (Å²) in [4.78, 5) is 16.1. The van der Waals surface area contributed by atoms with Crippen molar-refractivity contribution in [2.75, 3.05) is 6.54 Å². The Kier molecular flexibility index (Phi) is 3.60. The summed E-state index contributed by atoms with van der Waals surface area (Å²) in [7, 11) is 0. The minimum atomic E-state index is -0.451. The molecule has 0 aromatic carbocycles. The molecule has 0 aliphatic heterocycles. The molecule has 1 aromatic rings. The fourth-order valence-corrected chi connectivity index (χ4v) is 2.26. The van der Waals surface area contributed by atoms with Crippen LogP contribution >= 0.6 is 11.3 Å². The summed E-state index contributed by atoms with van der Waals surface area (Å²) in [5, 5.41) is 3.66. The Labute approximate surface area is 87.5 Å². The SMILES string of the molecule is CCNC(C)c1sc(C(N)=O)nc1C. The molecule has 0 saturated heterocycles. The number of nitrogens with zero attached hydrogens (tertiary/aromatic N) is 1. The van der Waals surface area contributed by atoms with Gasteiger partial charge in [0.25, 0.3) is 5.91 Å². The second-order valence-corrected chi connectivity index (χ2v) is 4.14. The number of aryl methyl sites for hydroxylation is 1. The highest BCUT2D eigenvalue weighted by Crippen LogP contribution is 2.24. The molecule has 0 radical (unpaired) electrons. The number of amides is 1. The Bertz CT molecular complexity index is 335. The molecule has 0 aliphatic carbocycles. The number of aromatic nitrogens is 1. The molecule has 3 N–H and O–H groups in total. The van der Waals surface area contributed by atoms with Gasteiger partial charge in [-0.15, -0.1) is 11.3 Å². The van der Waals surface area contributed by atoms with Crippen LogP contribution in [-0.4, -0.2) is 17.4 Å². The van der Waals surface area contributed by atoms with Gasteiger partial charge in [-0.3, -0.25) is 4.79 Å². The van der Waals surface area contributed by atoms with Gasteiger partial charge in [-0.05, 0) is 20.4 Å². The number of hydrogen-bond donors (Lipinski definition) is 2. The zero-order valence-corrected chi connectivity index (χ0v) is 9.44. The van der Waals surface area contributed by atoms with E-state index in [-0.39, 0.29) is 6.04 Å². The van der Waals surface area contributed by atoms with Gasteiger partial charge in [0.1, 0.15) is 0 Å². The lowest BCUT2D eigenvalue weighted by molar-refractivity contribution is 0.1000. The van der Waals surface area contributed by atoms with Crippen molar-refractivity contribution < 1.29 is 4.79 Å². The largest absolute Gasteiger partial charge is 0.364 e. The van der Waals surface area contributed by atoms with Gasteiger partial charge >= 0.3 is 0 Å². The molecule has 1 heterocycles. The molecule has 14 heavy (non-hydrogen) atoms. The van der Waals surface area contributed by atoms with E-state index in [2.05, 4.69) is 17.2 Å². The molecule has 1 aromatic heterocycles. The van der Waals surface area contributed by atoms with Crippen LogP contribution in [-0.2, 0) is 0 Å². The van der Waals surface area contributed by atoms with Gasteiger partial charge in [0.05, 0.1) is 5.69 Å². The van der Waals surface area contributed by atoms with Crippen LogP contribution in [0, 0.1) is 6.92 Å². The van der Waals surface area contributed by atoms with Gasteiger partial charge in [0.2, 0.25) is 0 Å². The number of nitrogens with one attached hydrogen (secondary N) is 1. The van der Waals surface area contributed by atoms with Gasteiger partial charge in [-0.2, -0.15) is 0 Å². The third kappa shape index (κ3) is 2.30. The maximum absolute atomic E-state index is 10.9. The molecule has 1 amide bonds. The molecule has 0 saturated carbocycles. The molecule has 0 spiro atoms. The third-order valence-corrected chi connectivity index (χ3v) is 3.30. The predicted octanol–water partition coefficient (Wildman–Crippen LogP) is 1.22. The summed E-state index contributed by atoms with van der Waals surface area (Å²) >= 11 is 1.37. The van der Waals surface area contributed by atoms with Crippen molar-refractivity contribution in [1.29, 1.82) is 0 Å². The first kappa shape index (κ1) is 11.1. The van der Waals surface area contributed by atoms with Gasteiger partial charge in [0, 0.05) is 10.9 Å². The lowest BCUT2D eigenvalue weighted by Crippen LogP contribution is -2.17. The number of carbonyl (C=O) groups is 1. The second kappa shape index (κ2) is 4.52. The van der Waals surface area contributed by atoms with Gasteiger partial charge in [0.15, 0.2) is 5.01 Å². The minimum absolute atomic E-state index is 0.227. The average molecular weight is 213 g/mol. The zero-order chi connectivity index (χ0) is 10.7. The number of hydrogen-bond acceptors (Lipinski definition) is 4. The minimum Gasteiger partial charge on any atom is -0.364 e. The van der Waals surface area contributed by atoms with Crippen LogP contribution in [0.1, 0.15) is 40.3 Å². The molecular formula is C9H15N3OS. The molecular weight excluding hydrogens is 198 g/mol. The summed E-state index contributed by atoms with van der Waals surface area (Å²) in [6.45, 7) is 6.88. The van der Waals surface area contributed by atoms with Crippen molar-refractivity contribution in [1.82, 2.24) is 10.3 Å². The van der Waals surface area contributed by atoms with Gasteiger partial charge < -0.3 is 11.1 Å². The maximum Gasteiger partial charge on any atom is 0.277 e. The number of primary amides is 1. The van der Waals surface area contributed by atoms with Crippen LogP contribution < -0.4 is 11.1 Å². The summed E-state index contributed by atoms with van der Waals surface area (Å²) in [5.41, 5.74) is 6.04. The fourth-order valence-electron chi connectivity index (χ4n) is 1.31. The highest BCUT2D eigenvalue weighted by Gasteiger charge is 2.15. The monoisotopic (exact) mass is 213 g/mol. The fraction of sp³-hybridized carbons (Fsp3) is 0.556. The van der Waals surface area contributed by atoms with E-state index in [0.29, 0.717) is 5.01 Å². The summed E-state index contributed by atoms with van der Waals surface area (Å²) in [6.07, 6.45) is 0. The van der Waals surface area contributed by atoms with Gasteiger partial charge in [-0.1, -0.05) is 6.92 Å². The van der Waals surface area contributed by atoms with E-state index < -0.39 is 5.91 Å². The average Bonchev–Trinajstić information content (AvgIpc) is 2.48. The molecule has 1 atom stereocenters. The van der Waals surface area contributed by atoms with Crippen LogP contribution in [0.25, 0.3) is 0 Å². The molecule has 4 nitrogen and oxygen atoms in total. The van der Waals surface area contributed by atoms with E-state index in [1.807, 2.05) is 13.8 Å². The smallest absolute Gasteiger partial charge is 0.277 e. The normalized spacial score (nSPS) is 12.8. The maximum atomic E-state index is 10.9. The molecule has 1 unspecified atom stereocenters. The molecule has 5 heteroatoms. The number of nitrogens with two attached hydrogens (primary N) is 1. The third-order valence-electron chi connectivity index (χ3n) is 1.95. The van der Waals surface area contributed by atoms with E-state index in [1.54, 1.807) is 0 Å². The van der Waals surface area contributed by atoms with Crippen LogP contribution in [0.15, 0.2) is 0 Å². The Morgan fingerprint density at radius 2 is 2.36 bits per heavy atom. The molecule has 1 rings (SSSR count). The predicted molar refractivity (Wildman–Crippen MR) is 57.5 cm³/mol. The summed E-state index contributed by atoms with van der Waals surface area (Å²) in [5.74, 6) is -0.451.